The van der Waals surface area contributed by atoms with Crippen molar-refractivity contribution in [2.45, 2.75) is 38.8 Å². The van der Waals surface area contributed by atoms with Gasteiger partial charge in [0.15, 0.2) is 0 Å². The second-order valence-corrected chi connectivity index (χ2v) is 5.89. The van der Waals surface area contributed by atoms with E-state index in [0.29, 0.717) is 11.9 Å². The molecule has 1 aliphatic rings. The third-order valence-electron chi connectivity index (χ3n) is 2.82. The lowest BCUT2D eigenvalue weighted by Gasteiger charge is -2.19. The van der Waals surface area contributed by atoms with E-state index < -0.39 is 11.7 Å². The van der Waals surface area contributed by atoms with Crippen LogP contribution in [-0.4, -0.2) is 35.8 Å². The van der Waals surface area contributed by atoms with Gasteiger partial charge in [-0.15, -0.1) is 0 Å². The van der Waals surface area contributed by atoms with E-state index in [4.69, 9.17) is 4.74 Å². The fourth-order valence-corrected chi connectivity index (χ4v) is 1.97. The summed E-state index contributed by atoms with van der Waals surface area (Å²) in [5.41, 5.74) is 0.439. The Balaban J connectivity index is 1.86. The van der Waals surface area contributed by atoms with Gasteiger partial charge in [-0.1, -0.05) is 0 Å². The first kappa shape index (κ1) is 14.6. The Bertz CT molecular complexity index is 447. The van der Waals surface area contributed by atoms with Gasteiger partial charge in [0.2, 0.25) is 0 Å². The molecule has 3 N–H and O–H groups in total. The van der Waals surface area contributed by atoms with Crippen molar-refractivity contribution < 1.29 is 9.53 Å². The standard InChI is InChI=1S/C14H22N4O2/c1-14(2,3)20-13(19)18-12-5-4-10(9-16-12)17-11-6-7-15-8-11/h4-5,9,11,15,17H,6-8H2,1-3H3,(H,16,18,19). The molecule has 2 heterocycles. The molecular formula is C14H22N4O2. The average Bonchev–Trinajstić information content (AvgIpc) is 2.82. The minimum Gasteiger partial charge on any atom is -0.444 e. The van der Waals surface area contributed by atoms with E-state index in [1.54, 1.807) is 12.3 Å². The monoisotopic (exact) mass is 278 g/mol. The molecule has 1 aromatic rings. The molecule has 0 radical (unpaired) electrons. The molecule has 0 spiro atoms. The minimum atomic E-state index is -0.513. The number of rotatable bonds is 3. The van der Waals surface area contributed by atoms with Gasteiger partial charge in [0.05, 0.1) is 11.9 Å². The quantitative estimate of drug-likeness (QED) is 0.790. The highest BCUT2D eigenvalue weighted by atomic mass is 16.6. The van der Waals surface area contributed by atoms with E-state index in [1.807, 2.05) is 26.8 Å². The van der Waals surface area contributed by atoms with Crippen molar-refractivity contribution in [3.8, 4) is 0 Å². The summed E-state index contributed by atoms with van der Waals surface area (Å²) in [5, 5.41) is 9.29. The number of carbonyl (C=O) groups is 1. The Labute approximate surface area is 119 Å². The SMILES string of the molecule is CC(C)(C)OC(=O)Nc1ccc(NC2CCNC2)cn1. The lowest BCUT2D eigenvalue weighted by molar-refractivity contribution is 0.0635. The number of nitrogens with one attached hydrogen (secondary N) is 3. The Morgan fingerprint density at radius 2 is 2.25 bits per heavy atom. The van der Waals surface area contributed by atoms with E-state index in [1.165, 1.54) is 0 Å². The smallest absolute Gasteiger partial charge is 0.413 e. The van der Waals surface area contributed by atoms with Gasteiger partial charge in [-0.05, 0) is 45.9 Å². The maximum absolute atomic E-state index is 11.6. The molecule has 1 aliphatic heterocycles. The van der Waals surface area contributed by atoms with Crippen LogP contribution < -0.4 is 16.0 Å². The Kier molecular flexibility index (Phi) is 4.44. The summed E-state index contributed by atoms with van der Waals surface area (Å²) >= 11 is 0. The second kappa shape index (κ2) is 6.09. The van der Waals surface area contributed by atoms with Gasteiger partial charge in [0.25, 0.3) is 0 Å². The summed E-state index contributed by atoms with van der Waals surface area (Å²) in [6.45, 7) is 7.48. The van der Waals surface area contributed by atoms with Crippen LogP contribution in [0.15, 0.2) is 18.3 Å². The van der Waals surface area contributed by atoms with Gasteiger partial charge in [-0.2, -0.15) is 0 Å². The van der Waals surface area contributed by atoms with Gasteiger partial charge in [-0.25, -0.2) is 9.78 Å². The van der Waals surface area contributed by atoms with Gasteiger partial charge in [0.1, 0.15) is 11.4 Å². The number of hydrogen-bond donors (Lipinski definition) is 3. The van der Waals surface area contributed by atoms with Gasteiger partial charge in [-0.3, -0.25) is 5.32 Å². The van der Waals surface area contributed by atoms with Crippen molar-refractivity contribution in [3.05, 3.63) is 18.3 Å². The van der Waals surface area contributed by atoms with Crippen LogP contribution in [0.5, 0.6) is 0 Å². The van der Waals surface area contributed by atoms with Crippen molar-refractivity contribution in [3.63, 3.8) is 0 Å². The highest BCUT2D eigenvalue weighted by Crippen LogP contribution is 2.14. The molecule has 1 amide bonds. The fraction of sp³-hybridized carbons (Fsp3) is 0.571. The molecule has 0 bridgehead atoms. The maximum atomic E-state index is 11.6. The molecule has 6 heteroatoms. The molecule has 110 valence electrons. The van der Waals surface area contributed by atoms with Crippen LogP contribution in [0.1, 0.15) is 27.2 Å². The molecule has 1 unspecified atom stereocenters. The number of pyridine rings is 1. The van der Waals surface area contributed by atoms with Crippen LogP contribution in [0.2, 0.25) is 0 Å². The van der Waals surface area contributed by atoms with E-state index in [9.17, 15) is 4.79 Å². The highest BCUT2D eigenvalue weighted by Gasteiger charge is 2.17. The van der Waals surface area contributed by atoms with E-state index in [-0.39, 0.29) is 0 Å². The summed E-state index contributed by atoms with van der Waals surface area (Å²) in [7, 11) is 0. The Morgan fingerprint density at radius 1 is 1.45 bits per heavy atom. The third kappa shape index (κ3) is 4.70. The van der Waals surface area contributed by atoms with Gasteiger partial charge >= 0.3 is 6.09 Å². The normalized spacial score (nSPS) is 18.6. The number of hydrogen-bond acceptors (Lipinski definition) is 5. The summed E-state index contributed by atoms with van der Waals surface area (Å²) in [5.74, 6) is 0.481. The van der Waals surface area contributed by atoms with Crippen molar-refractivity contribution >= 4 is 17.6 Å². The summed E-state index contributed by atoms with van der Waals surface area (Å²) in [6.07, 6.45) is 2.33. The predicted molar refractivity (Wildman–Crippen MR) is 79.0 cm³/mol. The molecule has 1 aromatic heterocycles. The van der Waals surface area contributed by atoms with Crippen LogP contribution >= 0.6 is 0 Å². The van der Waals surface area contributed by atoms with Crippen LogP contribution in [0.3, 0.4) is 0 Å². The zero-order chi connectivity index (χ0) is 14.6. The van der Waals surface area contributed by atoms with Crippen LogP contribution in [-0.2, 0) is 4.74 Å². The number of anilines is 2. The minimum absolute atomic E-state index is 0.446. The van der Waals surface area contributed by atoms with Crippen LogP contribution in [0.25, 0.3) is 0 Å². The molecule has 2 rings (SSSR count). The number of aromatic nitrogens is 1. The molecule has 0 aromatic carbocycles. The molecule has 20 heavy (non-hydrogen) atoms. The molecular weight excluding hydrogens is 256 g/mol. The molecule has 1 saturated heterocycles. The molecule has 0 saturated carbocycles. The number of nitrogens with zero attached hydrogens (tertiary/aromatic N) is 1. The predicted octanol–water partition coefficient (Wildman–Crippen LogP) is 2.20. The Hall–Kier alpha value is -1.82. The third-order valence-corrected chi connectivity index (χ3v) is 2.82. The molecule has 0 aliphatic carbocycles. The average molecular weight is 278 g/mol. The van der Waals surface area contributed by atoms with Gasteiger partial charge in [0, 0.05) is 12.6 Å². The first-order valence-electron chi connectivity index (χ1n) is 6.86. The topological polar surface area (TPSA) is 75.3 Å². The van der Waals surface area contributed by atoms with Crippen molar-refractivity contribution in [2.24, 2.45) is 0 Å². The fourth-order valence-electron chi connectivity index (χ4n) is 1.97. The molecule has 1 atom stereocenters. The lowest BCUT2D eigenvalue weighted by Crippen LogP contribution is -2.27. The summed E-state index contributed by atoms with van der Waals surface area (Å²) in [4.78, 5) is 15.8. The summed E-state index contributed by atoms with van der Waals surface area (Å²) < 4.78 is 5.17. The van der Waals surface area contributed by atoms with Crippen molar-refractivity contribution in [1.29, 1.82) is 0 Å². The number of amides is 1. The second-order valence-electron chi connectivity index (χ2n) is 5.89. The summed E-state index contributed by atoms with van der Waals surface area (Å²) in [6, 6.07) is 4.11. The highest BCUT2D eigenvalue weighted by molar-refractivity contribution is 5.83. The van der Waals surface area contributed by atoms with E-state index in [0.717, 1.165) is 25.2 Å². The first-order valence-corrected chi connectivity index (χ1v) is 6.86. The maximum Gasteiger partial charge on any atom is 0.413 e. The molecule has 6 nitrogen and oxygen atoms in total. The molecule has 1 fully saturated rings. The lowest BCUT2D eigenvalue weighted by atomic mass is 10.2. The van der Waals surface area contributed by atoms with E-state index in [2.05, 4.69) is 20.9 Å². The number of ether oxygens (including phenoxy) is 1. The zero-order valence-corrected chi connectivity index (χ0v) is 12.2. The van der Waals surface area contributed by atoms with Gasteiger partial charge < -0.3 is 15.4 Å². The van der Waals surface area contributed by atoms with Crippen LogP contribution in [0.4, 0.5) is 16.3 Å². The van der Waals surface area contributed by atoms with Crippen molar-refractivity contribution in [2.75, 3.05) is 23.7 Å². The zero-order valence-electron chi connectivity index (χ0n) is 12.2. The Morgan fingerprint density at radius 3 is 2.80 bits per heavy atom. The van der Waals surface area contributed by atoms with Crippen LogP contribution in [0, 0.1) is 0 Å². The largest absolute Gasteiger partial charge is 0.444 e. The van der Waals surface area contributed by atoms with Crippen molar-refractivity contribution in [1.82, 2.24) is 10.3 Å². The number of carbonyl (C=O) groups excluding carboxylic acids is 1. The first-order chi connectivity index (χ1) is 9.42. The van der Waals surface area contributed by atoms with E-state index >= 15 is 0 Å².